The van der Waals surface area contributed by atoms with Crippen LogP contribution in [0.4, 0.5) is 5.69 Å². The molecule has 1 atom stereocenters. The van der Waals surface area contributed by atoms with E-state index in [1.807, 2.05) is 56.4 Å². The third-order valence-electron chi connectivity index (χ3n) is 4.40. The van der Waals surface area contributed by atoms with E-state index < -0.39 is 0 Å². The number of para-hydroxylation sites is 1. The van der Waals surface area contributed by atoms with E-state index in [9.17, 15) is 4.79 Å². The lowest BCUT2D eigenvalue weighted by Crippen LogP contribution is -2.31. The average Bonchev–Trinajstić information content (AvgIpc) is 3.12. The smallest absolute Gasteiger partial charge is 0.269 e. The van der Waals surface area contributed by atoms with Crippen LogP contribution in [0.5, 0.6) is 0 Å². The molecule has 1 fully saturated rings. The molecule has 0 unspecified atom stereocenters. The Hall–Kier alpha value is -1.76. The normalized spacial score (nSPS) is 21.0. The van der Waals surface area contributed by atoms with Crippen molar-refractivity contribution >= 4 is 51.7 Å². The van der Waals surface area contributed by atoms with E-state index in [1.165, 1.54) is 16.7 Å². The lowest BCUT2D eigenvalue weighted by molar-refractivity contribution is -0.123. The van der Waals surface area contributed by atoms with Crippen molar-refractivity contribution in [3.63, 3.8) is 0 Å². The fourth-order valence-electron chi connectivity index (χ4n) is 3.02. The molecule has 0 spiro atoms. The monoisotopic (exact) mass is 384 g/mol. The molecule has 0 aromatic heterocycles. The molecule has 4 rings (SSSR count). The summed E-state index contributed by atoms with van der Waals surface area (Å²) in [6.07, 6.45) is 0. The van der Waals surface area contributed by atoms with Gasteiger partial charge in [-0.05, 0) is 24.6 Å². The molecule has 2 aliphatic rings. The summed E-state index contributed by atoms with van der Waals surface area (Å²) >= 11 is 8.57. The molecular formula is C19H16N2OS3. The van der Waals surface area contributed by atoms with Crippen LogP contribution < -0.4 is 4.90 Å². The first-order valence-corrected chi connectivity index (χ1v) is 9.97. The van der Waals surface area contributed by atoms with Crippen molar-refractivity contribution in [3.05, 3.63) is 70.1 Å². The number of thiocarbonyl (C=S) groups is 1. The van der Waals surface area contributed by atoms with E-state index in [0.717, 1.165) is 21.2 Å². The Balaban J connectivity index is 1.69. The van der Waals surface area contributed by atoms with Crippen LogP contribution in [0.15, 0.2) is 69.4 Å². The number of carbonyl (C=O) groups excluding carboxylic acids is 1. The molecule has 0 radical (unpaired) electrons. The van der Waals surface area contributed by atoms with E-state index in [4.69, 9.17) is 12.2 Å². The Morgan fingerprint density at radius 2 is 1.68 bits per heavy atom. The SMILES string of the molecule is C[C@H](c1ccccc1)N1C(=O)/C(=C2/Sc3ccccc3N2C)SC1=S. The van der Waals surface area contributed by atoms with Crippen molar-refractivity contribution in [3.8, 4) is 0 Å². The molecule has 0 aliphatic carbocycles. The second-order valence-electron chi connectivity index (χ2n) is 5.89. The van der Waals surface area contributed by atoms with Gasteiger partial charge in [-0.1, -0.05) is 78.2 Å². The van der Waals surface area contributed by atoms with Gasteiger partial charge in [0.1, 0.15) is 9.23 Å². The standard InChI is InChI=1S/C19H16N2OS3/c1-12(13-8-4-3-5-9-13)21-17(22)16(25-19(21)23)18-20(2)14-10-6-7-11-15(14)24-18/h3-12H,1-2H3/b18-16-/t12-/m1/s1. The highest BCUT2D eigenvalue weighted by molar-refractivity contribution is 8.27. The highest BCUT2D eigenvalue weighted by Crippen LogP contribution is 2.50. The molecule has 3 nitrogen and oxygen atoms in total. The first-order chi connectivity index (χ1) is 12.1. The molecule has 0 saturated carbocycles. The fourth-order valence-corrected chi connectivity index (χ4v) is 5.77. The van der Waals surface area contributed by atoms with E-state index in [0.29, 0.717) is 4.32 Å². The molecule has 2 aromatic rings. The first-order valence-electron chi connectivity index (χ1n) is 7.93. The number of rotatable bonds is 2. The summed E-state index contributed by atoms with van der Waals surface area (Å²) in [7, 11) is 2.00. The van der Waals surface area contributed by atoms with Crippen LogP contribution in [0.1, 0.15) is 18.5 Å². The number of amides is 1. The summed E-state index contributed by atoms with van der Waals surface area (Å²) in [5.41, 5.74) is 2.21. The lowest BCUT2D eigenvalue weighted by Gasteiger charge is -2.23. The van der Waals surface area contributed by atoms with E-state index >= 15 is 0 Å². The van der Waals surface area contributed by atoms with Crippen LogP contribution in [-0.2, 0) is 4.79 Å². The number of hydrogen-bond donors (Lipinski definition) is 0. The van der Waals surface area contributed by atoms with E-state index in [1.54, 1.807) is 16.7 Å². The zero-order chi connectivity index (χ0) is 17.6. The van der Waals surface area contributed by atoms with Crippen molar-refractivity contribution in [1.82, 2.24) is 4.90 Å². The van der Waals surface area contributed by atoms with Gasteiger partial charge >= 0.3 is 0 Å². The predicted octanol–water partition coefficient (Wildman–Crippen LogP) is 5.02. The molecule has 1 saturated heterocycles. The van der Waals surface area contributed by atoms with Gasteiger partial charge in [0, 0.05) is 11.9 Å². The summed E-state index contributed by atoms with van der Waals surface area (Å²) in [5, 5.41) is 0.960. The lowest BCUT2D eigenvalue weighted by atomic mass is 10.1. The largest absolute Gasteiger partial charge is 0.337 e. The second-order valence-corrected chi connectivity index (χ2v) is 8.57. The Kier molecular flexibility index (Phi) is 4.35. The number of benzene rings is 2. The van der Waals surface area contributed by atoms with Crippen LogP contribution in [0.3, 0.4) is 0 Å². The molecular weight excluding hydrogens is 368 g/mol. The van der Waals surface area contributed by atoms with Crippen LogP contribution in [0, 0.1) is 0 Å². The summed E-state index contributed by atoms with van der Waals surface area (Å²) in [5.74, 6) is -0.00601. The third kappa shape index (κ3) is 2.78. The van der Waals surface area contributed by atoms with Gasteiger partial charge in [0.2, 0.25) is 0 Å². The number of carbonyl (C=O) groups is 1. The molecule has 0 N–H and O–H groups in total. The van der Waals surface area contributed by atoms with E-state index in [-0.39, 0.29) is 11.9 Å². The van der Waals surface area contributed by atoms with Gasteiger partial charge in [-0.25, -0.2) is 0 Å². The van der Waals surface area contributed by atoms with Crippen LogP contribution in [-0.4, -0.2) is 22.2 Å². The number of hydrogen-bond acceptors (Lipinski definition) is 5. The quantitative estimate of drug-likeness (QED) is 0.534. The zero-order valence-corrected chi connectivity index (χ0v) is 16.3. The van der Waals surface area contributed by atoms with Gasteiger partial charge in [-0.3, -0.25) is 9.69 Å². The molecule has 126 valence electrons. The van der Waals surface area contributed by atoms with Crippen LogP contribution in [0.25, 0.3) is 0 Å². The van der Waals surface area contributed by atoms with Gasteiger partial charge in [0.05, 0.1) is 16.8 Å². The Morgan fingerprint density at radius 3 is 2.40 bits per heavy atom. The first kappa shape index (κ1) is 16.7. The third-order valence-corrected chi connectivity index (χ3v) is 7.16. The van der Waals surface area contributed by atoms with Gasteiger partial charge < -0.3 is 4.90 Å². The summed E-state index contributed by atoms with van der Waals surface area (Å²) in [4.78, 5) is 18.8. The summed E-state index contributed by atoms with van der Waals surface area (Å²) < 4.78 is 0.619. The Morgan fingerprint density at radius 1 is 1.00 bits per heavy atom. The maximum Gasteiger partial charge on any atom is 0.269 e. The van der Waals surface area contributed by atoms with Gasteiger partial charge in [0.25, 0.3) is 5.91 Å². The minimum atomic E-state index is -0.0779. The maximum absolute atomic E-state index is 13.1. The molecule has 6 heteroatoms. The summed E-state index contributed by atoms with van der Waals surface area (Å²) in [6, 6.07) is 18.1. The molecule has 2 aromatic carbocycles. The topological polar surface area (TPSA) is 23.6 Å². The fraction of sp³-hybridized carbons (Fsp3) is 0.158. The highest BCUT2D eigenvalue weighted by atomic mass is 32.2. The van der Waals surface area contributed by atoms with E-state index in [2.05, 4.69) is 17.0 Å². The van der Waals surface area contributed by atoms with Gasteiger partial charge in [-0.2, -0.15) is 0 Å². The van der Waals surface area contributed by atoms with Crippen molar-refractivity contribution in [2.75, 3.05) is 11.9 Å². The van der Waals surface area contributed by atoms with Crippen LogP contribution in [0.2, 0.25) is 0 Å². The Bertz CT molecular complexity index is 895. The van der Waals surface area contributed by atoms with Crippen LogP contribution >= 0.6 is 35.7 Å². The highest BCUT2D eigenvalue weighted by Gasteiger charge is 2.40. The minimum Gasteiger partial charge on any atom is -0.337 e. The number of fused-ring (bicyclic) bond motifs is 1. The molecule has 2 heterocycles. The number of nitrogens with zero attached hydrogens (tertiary/aromatic N) is 2. The number of anilines is 1. The maximum atomic E-state index is 13.1. The Labute approximate surface area is 161 Å². The molecule has 25 heavy (non-hydrogen) atoms. The average molecular weight is 385 g/mol. The predicted molar refractivity (Wildman–Crippen MR) is 110 cm³/mol. The number of thioether (sulfide) groups is 2. The molecule has 0 bridgehead atoms. The van der Waals surface area contributed by atoms with Crippen molar-refractivity contribution in [2.24, 2.45) is 0 Å². The molecule has 1 amide bonds. The van der Waals surface area contributed by atoms with Crippen molar-refractivity contribution in [1.29, 1.82) is 0 Å². The zero-order valence-electron chi connectivity index (χ0n) is 13.8. The van der Waals surface area contributed by atoms with Gasteiger partial charge in [-0.15, -0.1) is 0 Å². The van der Waals surface area contributed by atoms with Gasteiger partial charge in [0.15, 0.2) is 0 Å². The van der Waals surface area contributed by atoms with Crippen molar-refractivity contribution < 1.29 is 4.79 Å². The van der Waals surface area contributed by atoms with Crippen molar-refractivity contribution in [2.45, 2.75) is 17.9 Å². The second kappa shape index (κ2) is 6.52. The molecule has 2 aliphatic heterocycles. The minimum absolute atomic E-state index is 0.00601. The summed E-state index contributed by atoms with van der Waals surface area (Å²) in [6.45, 7) is 2.02.